The Bertz CT molecular complexity index is 538. The Hall–Kier alpha value is -1.88. The Morgan fingerprint density at radius 2 is 2.33 bits per heavy atom. The van der Waals surface area contributed by atoms with Crippen molar-refractivity contribution in [3.05, 3.63) is 45.9 Å². The first-order valence-corrected chi connectivity index (χ1v) is 6.40. The second-order valence-electron chi connectivity index (χ2n) is 3.82. The molecule has 0 aliphatic carbocycles. The average molecular weight is 262 g/mol. The van der Waals surface area contributed by atoms with Gasteiger partial charge in [0.15, 0.2) is 0 Å². The third kappa shape index (κ3) is 2.87. The molecule has 0 radical (unpaired) electrons. The molecule has 18 heavy (non-hydrogen) atoms. The SMILES string of the molecule is COC(=O)c1cc(C)ccc1NCc1nccs1. The molecule has 0 aliphatic rings. The maximum atomic E-state index is 11.7. The lowest BCUT2D eigenvalue weighted by molar-refractivity contribution is 0.0601. The van der Waals surface area contributed by atoms with E-state index in [-0.39, 0.29) is 5.97 Å². The van der Waals surface area contributed by atoms with Crippen molar-refractivity contribution in [1.29, 1.82) is 0 Å². The zero-order chi connectivity index (χ0) is 13.0. The van der Waals surface area contributed by atoms with Crippen LogP contribution in [0.15, 0.2) is 29.8 Å². The second-order valence-corrected chi connectivity index (χ2v) is 4.80. The molecule has 4 nitrogen and oxygen atoms in total. The van der Waals surface area contributed by atoms with Crippen LogP contribution in [0.1, 0.15) is 20.9 Å². The highest BCUT2D eigenvalue weighted by Gasteiger charge is 2.11. The molecule has 0 saturated carbocycles. The van der Waals surface area contributed by atoms with Gasteiger partial charge in [0.1, 0.15) is 5.01 Å². The van der Waals surface area contributed by atoms with Gasteiger partial charge < -0.3 is 10.1 Å². The maximum absolute atomic E-state index is 11.7. The van der Waals surface area contributed by atoms with Crippen LogP contribution in [0.25, 0.3) is 0 Å². The molecule has 1 aromatic carbocycles. The molecule has 0 atom stereocenters. The van der Waals surface area contributed by atoms with Crippen molar-refractivity contribution in [2.75, 3.05) is 12.4 Å². The molecular weight excluding hydrogens is 248 g/mol. The highest BCUT2D eigenvalue weighted by molar-refractivity contribution is 7.09. The van der Waals surface area contributed by atoms with Crippen LogP contribution in [-0.2, 0) is 11.3 Å². The van der Waals surface area contributed by atoms with Crippen LogP contribution in [0.2, 0.25) is 0 Å². The first-order valence-electron chi connectivity index (χ1n) is 5.52. The number of carbonyl (C=O) groups is 1. The lowest BCUT2D eigenvalue weighted by Gasteiger charge is -2.10. The first kappa shape index (κ1) is 12.6. The van der Waals surface area contributed by atoms with Gasteiger partial charge in [-0.05, 0) is 19.1 Å². The Labute approximate surface area is 110 Å². The summed E-state index contributed by atoms with van der Waals surface area (Å²) in [5, 5.41) is 6.11. The van der Waals surface area contributed by atoms with E-state index in [2.05, 4.69) is 10.3 Å². The van der Waals surface area contributed by atoms with Crippen LogP contribution in [0, 0.1) is 6.92 Å². The fraction of sp³-hybridized carbons (Fsp3) is 0.231. The number of nitrogens with zero attached hydrogens (tertiary/aromatic N) is 1. The van der Waals surface area contributed by atoms with Crippen LogP contribution >= 0.6 is 11.3 Å². The van der Waals surface area contributed by atoms with Gasteiger partial charge in [-0.3, -0.25) is 0 Å². The summed E-state index contributed by atoms with van der Waals surface area (Å²) in [5.74, 6) is -0.333. The third-order valence-corrected chi connectivity index (χ3v) is 3.27. The van der Waals surface area contributed by atoms with Crippen molar-refractivity contribution < 1.29 is 9.53 Å². The Kier molecular flexibility index (Phi) is 3.94. The summed E-state index contributed by atoms with van der Waals surface area (Å²) in [6.45, 7) is 2.54. The van der Waals surface area contributed by atoms with E-state index in [1.54, 1.807) is 17.5 Å². The fourth-order valence-electron chi connectivity index (χ4n) is 1.60. The van der Waals surface area contributed by atoms with Crippen molar-refractivity contribution >= 4 is 23.0 Å². The number of esters is 1. The smallest absolute Gasteiger partial charge is 0.339 e. The highest BCUT2D eigenvalue weighted by Crippen LogP contribution is 2.19. The Morgan fingerprint density at radius 1 is 1.50 bits per heavy atom. The minimum Gasteiger partial charge on any atom is -0.465 e. The zero-order valence-corrected chi connectivity index (χ0v) is 11.1. The number of anilines is 1. The van der Waals surface area contributed by atoms with Crippen LogP contribution in [0.3, 0.4) is 0 Å². The van der Waals surface area contributed by atoms with E-state index in [4.69, 9.17) is 4.74 Å². The molecule has 0 bridgehead atoms. The molecule has 1 aromatic heterocycles. The summed E-state index contributed by atoms with van der Waals surface area (Å²) >= 11 is 1.58. The molecule has 2 aromatic rings. The van der Waals surface area contributed by atoms with Crippen molar-refractivity contribution in [2.45, 2.75) is 13.5 Å². The summed E-state index contributed by atoms with van der Waals surface area (Å²) in [7, 11) is 1.38. The first-order chi connectivity index (χ1) is 8.70. The highest BCUT2D eigenvalue weighted by atomic mass is 32.1. The molecular formula is C13H14N2O2S. The lowest BCUT2D eigenvalue weighted by Crippen LogP contribution is -2.08. The third-order valence-electron chi connectivity index (χ3n) is 2.49. The largest absolute Gasteiger partial charge is 0.465 e. The number of hydrogen-bond donors (Lipinski definition) is 1. The molecule has 0 spiro atoms. The van der Waals surface area contributed by atoms with Crippen LogP contribution in [-0.4, -0.2) is 18.1 Å². The summed E-state index contributed by atoms with van der Waals surface area (Å²) < 4.78 is 4.78. The molecule has 0 aliphatic heterocycles. The number of thiazole rings is 1. The molecule has 1 heterocycles. The number of rotatable bonds is 4. The summed E-state index contributed by atoms with van der Waals surface area (Å²) in [6.07, 6.45) is 1.76. The fourth-order valence-corrected chi connectivity index (χ4v) is 2.16. The zero-order valence-electron chi connectivity index (χ0n) is 10.3. The van der Waals surface area contributed by atoms with Gasteiger partial charge in [-0.15, -0.1) is 11.3 Å². The monoisotopic (exact) mass is 262 g/mol. The Balaban J connectivity index is 2.18. The molecule has 0 fully saturated rings. The van der Waals surface area contributed by atoms with Gasteiger partial charge in [-0.25, -0.2) is 9.78 Å². The quantitative estimate of drug-likeness (QED) is 0.861. The molecule has 94 valence electrons. The molecule has 2 rings (SSSR count). The number of aryl methyl sites for hydroxylation is 1. The van der Waals surface area contributed by atoms with Crippen molar-refractivity contribution in [3.63, 3.8) is 0 Å². The standard InChI is InChI=1S/C13H14N2O2S/c1-9-3-4-11(10(7-9)13(16)17-2)15-8-12-14-5-6-18-12/h3-7,15H,8H2,1-2H3. The predicted molar refractivity (Wildman–Crippen MR) is 72.0 cm³/mol. The van der Waals surface area contributed by atoms with Gasteiger partial charge in [0.25, 0.3) is 0 Å². The summed E-state index contributed by atoms with van der Waals surface area (Å²) in [4.78, 5) is 15.9. The average Bonchev–Trinajstić information content (AvgIpc) is 2.89. The summed E-state index contributed by atoms with van der Waals surface area (Å²) in [5.41, 5.74) is 2.34. The summed E-state index contributed by atoms with van der Waals surface area (Å²) in [6, 6.07) is 5.65. The van der Waals surface area contributed by atoms with E-state index in [9.17, 15) is 4.79 Å². The second kappa shape index (κ2) is 5.64. The van der Waals surface area contributed by atoms with E-state index in [1.807, 2.05) is 30.5 Å². The predicted octanol–water partition coefficient (Wildman–Crippen LogP) is 2.85. The van der Waals surface area contributed by atoms with Gasteiger partial charge >= 0.3 is 5.97 Å². The van der Waals surface area contributed by atoms with E-state index in [0.717, 1.165) is 16.3 Å². The number of aromatic nitrogens is 1. The van der Waals surface area contributed by atoms with E-state index >= 15 is 0 Å². The lowest BCUT2D eigenvalue weighted by atomic mass is 10.1. The molecule has 0 amide bonds. The molecule has 5 heteroatoms. The topological polar surface area (TPSA) is 51.2 Å². The normalized spacial score (nSPS) is 10.1. The van der Waals surface area contributed by atoms with Gasteiger partial charge in [0.05, 0.1) is 19.2 Å². The number of ether oxygens (including phenoxy) is 1. The van der Waals surface area contributed by atoms with Crippen molar-refractivity contribution in [2.24, 2.45) is 0 Å². The van der Waals surface area contributed by atoms with Gasteiger partial charge in [-0.1, -0.05) is 11.6 Å². The van der Waals surface area contributed by atoms with Gasteiger partial charge in [-0.2, -0.15) is 0 Å². The molecule has 0 unspecified atom stereocenters. The van der Waals surface area contributed by atoms with Gasteiger partial charge in [0.2, 0.25) is 0 Å². The minimum atomic E-state index is -0.333. The van der Waals surface area contributed by atoms with E-state index in [1.165, 1.54) is 7.11 Å². The van der Waals surface area contributed by atoms with Crippen molar-refractivity contribution in [1.82, 2.24) is 4.98 Å². The number of nitrogens with one attached hydrogen (secondary N) is 1. The van der Waals surface area contributed by atoms with Crippen molar-refractivity contribution in [3.8, 4) is 0 Å². The number of hydrogen-bond acceptors (Lipinski definition) is 5. The Morgan fingerprint density at radius 3 is 3.00 bits per heavy atom. The van der Waals surface area contributed by atoms with E-state index in [0.29, 0.717) is 12.1 Å². The number of methoxy groups -OCH3 is 1. The number of carbonyl (C=O) groups excluding carboxylic acids is 1. The van der Waals surface area contributed by atoms with Crippen LogP contribution in [0.4, 0.5) is 5.69 Å². The minimum absolute atomic E-state index is 0.333. The van der Waals surface area contributed by atoms with Crippen LogP contribution in [0.5, 0.6) is 0 Å². The molecule has 1 N–H and O–H groups in total. The maximum Gasteiger partial charge on any atom is 0.339 e. The molecule has 0 saturated heterocycles. The van der Waals surface area contributed by atoms with Crippen LogP contribution < -0.4 is 5.32 Å². The van der Waals surface area contributed by atoms with Gasteiger partial charge in [0, 0.05) is 17.3 Å². The number of benzene rings is 1. The van der Waals surface area contributed by atoms with E-state index < -0.39 is 0 Å².